The molecule has 0 heterocycles. The SMILES string of the molecule is C[Si](C)(C)CCCCCC(F)(F)Br. The van der Waals surface area contributed by atoms with Crippen molar-refractivity contribution in [3.05, 3.63) is 0 Å². The van der Waals surface area contributed by atoms with Gasteiger partial charge in [-0.15, -0.1) is 0 Å². The first-order chi connectivity index (χ1) is 5.71. The van der Waals surface area contributed by atoms with Gasteiger partial charge in [-0.1, -0.05) is 38.5 Å². The lowest BCUT2D eigenvalue weighted by Gasteiger charge is -2.15. The highest BCUT2D eigenvalue weighted by atomic mass is 79.9. The number of hydrogen-bond acceptors (Lipinski definition) is 0. The highest BCUT2D eigenvalue weighted by molar-refractivity contribution is 9.09. The Labute approximate surface area is 89.2 Å². The average Bonchev–Trinajstić information content (AvgIpc) is 1.81. The van der Waals surface area contributed by atoms with Gasteiger partial charge in [0, 0.05) is 14.5 Å². The molecule has 0 saturated carbocycles. The van der Waals surface area contributed by atoms with E-state index in [1.165, 1.54) is 6.04 Å². The van der Waals surface area contributed by atoms with Gasteiger partial charge in [0.05, 0.1) is 0 Å². The van der Waals surface area contributed by atoms with E-state index in [4.69, 9.17) is 0 Å². The van der Waals surface area contributed by atoms with Crippen molar-refractivity contribution in [2.45, 2.75) is 56.2 Å². The molecule has 0 aliphatic heterocycles. The van der Waals surface area contributed by atoms with Crippen LogP contribution in [0.1, 0.15) is 25.7 Å². The van der Waals surface area contributed by atoms with Gasteiger partial charge in [-0.25, -0.2) is 0 Å². The van der Waals surface area contributed by atoms with Crippen molar-refractivity contribution in [1.29, 1.82) is 0 Å². The summed E-state index contributed by atoms with van der Waals surface area (Å²) in [7, 11) is -0.952. The molecule has 0 aromatic heterocycles. The van der Waals surface area contributed by atoms with Gasteiger partial charge in [-0.3, -0.25) is 0 Å². The van der Waals surface area contributed by atoms with Crippen LogP contribution in [0.15, 0.2) is 0 Å². The van der Waals surface area contributed by atoms with E-state index < -0.39 is 12.9 Å². The molecule has 80 valence electrons. The Morgan fingerprint density at radius 1 is 1.08 bits per heavy atom. The Bertz CT molecular complexity index is 122. The summed E-state index contributed by atoms with van der Waals surface area (Å²) in [4.78, 5) is -2.65. The molecule has 0 aliphatic carbocycles. The summed E-state index contributed by atoms with van der Waals surface area (Å²) in [6.45, 7) is 6.93. The molecule has 0 rings (SSSR count). The highest BCUT2D eigenvalue weighted by Crippen LogP contribution is 2.28. The molecular formula is C9H19BrF2Si. The Balaban J connectivity index is 3.28. The third kappa shape index (κ3) is 12.6. The van der Waals surface area contributed by atoms with Gasteiger partial charge in [0.25, 0.3) is 0 Å². The zero-order valence-corrected chi connectivity index (χ0v) is 11.3. The van der Waals surface area contributed by atoms with Crippen molar-refractivity contribution in [2.24, 2.45) is 0 Å². The summed E-state index contributed by atoms with van der Waals surface area (Å²) >= 11 is 2.35. The zero-order valence-electron chi connectivity index (χ0n) is 8.67. The minimum Gasteiger partial charge on any atom is -0.194 e. The molecule has 0 fully saturated rings. The molecule has 0 aliphatic rings. The third-order valence-electron chi connectivity index (χ3n) is 1.89. The van der Waals surface area contributed by atoms with Crippen LogP contribution in [0.3, 0.4) is 0 Å². The maximum absolute atomic E-state index is 12.3. The molecule has 0 unspecified atom stereocenters. The van der Waals surface area contributed by atoms with Crippen LogP contribution in [0.25, 0.3) is 0 Å². The van der Waals surface area contributed by atoms with Gasteiger partial charge in [-0.2, -0.15) is 8.78 Å². The van der Waals surface area contributed by atoms with E-state index >= 15 is 0 Å². The normalized spacial score (nSPS) is 13.4. The monoisotopic (exact) mass is 272 g/mol. The zero-order chi connectivity index (χ0) is 10.5. The Kier molecular flexibility index (Phi) is 5.67. The van der Waals surface area contributed by atoms with E-state index in [2.05, 4.69) is 35.6 Å². The Morgan fingerprint density at radius 3 is 2.00 bits per heavy atom. The van der Waals surface area contributed by atoms with Crippen molar-refractivity contribution in [3.63, 3.8) is 0 Å². The molecule has 0 amide bonds. The van der Waals surface area contributed by atoms with E-state index in [-0.39, 0.29) is 6.42 Å². The molecule has 0 aromatic carbocycles. The molecule has 0 bridgehead atoms. The molecular weight excluding hydrogens is 254 g/mol. The maximum Gasteiger partial charge on any atom is 0.301 e. The van der Waals surface area contributed by atoms with Crippen molar-refractivity contribution in [2.75, 3.05) is 0 Å². The van der Waals surface area contributed by atoms with Crippen LogP contribution < -0.4 is 0 Å². The second-order valence-corrected chi connectivity index (χ2v) is 11.5. The van der Waals surface area contributed by atoms with Crippen LogP contribution in [0.2, 0.25) is 25.7 Å². The van der Waals surface area contributed by atoms with E-state index in [0.717, 1.165) is 12.8 Å². The number of halogens is 3. The number of rotatable bonds is 6. The minimum absolute atomic E-state index is 0.0291. The van der Waals surface area contributed by atoms with E-state index in [9.17, 15) is 8.78 Å². The van der Waals surface area contributed by atoms with Crippen LogP contribution in [0, 0.1) is 0 Å². The quantitative estimate of drug-likeness (QED) is 0.368. The first kappa shape index (κ1) is 13.6. The van der Waals surface area contributed by atoms with Gasteiger partial charge in [0.2, 0.25) is 0 Å². The Hall–Kier alpha value is 0.557. The number of unbranched alkanes of at least 4 members (excludes halogenated alkanes) is 2. The van der Waals surface area contributed by atoms with Gasteiger partial charge < -0.3 is 0 Å². The molecule has 0 nitrogen and oxygen atoms in total. The first-order valence-electron chi connectivity index (χ1n) is 4.77. The van der Waals surface area contributed by atoms with Gasteiger partial charge in [0.15, 0.2) is 0 Å². The van der Waals surface area contributed by atoms with Crippen molar-refractivity contribution < 1.29 is 8.78 Å². The summed E-state index contributed by atoms with van der Waals surface area (Å²) in [5.74, 6) is 0. The fourth-order valence-electron chi connectivity index (χ4n) is 1.16. The average molecular weight is 273 g/mol. The summed E-state index contributed by atoms with van der Waals surface area (Å²) in [6, 6.07) is 1.25. The van der Waals surface area contributed by atoms with Crippen molar-refractivity contribution in [1.82, 2.24) is 0 Å². The lowest BCUT2D eigenvalue weighted by Crippen LogP contribution is -2.18. The second kappa shape index (κ2) is 5.44. The molecule has 4 heteroatoms. The fourth-order valence-corrected chi connectivity index (χ4v) is 2.75. The number of hydrogen-bond donors (Lipinski definition) is 0. The van der Waals surface area contributed by atoms with Crippen molar-refractivity contribution in [3.8, 4) is 0 Å². The minimum atomic E-state index is -2.65. The van der Waals surface area contributed by atoms with Gasteiger partial charge >= 0.3 is 4.83 Å². The predicted octanol–water partition coefficient (Wildman–Crippen LogP) is 4.87. The number of alkyl halides is 3. The molecule has 13 heavy (non-hydrogen) atoms. The lowest BCUT2D eigenvalue weighted by atomic mass is 10.2. The smallest absolute Gasteiger partial charge is 0.194 e. The van der Waals surface area contributed by atoms with Crippen LogP contribution >= 0.6 is 15.9 Å². The van der Waals surface area contributed by atoms with E-state index in [1.807, 2.05) is 0 Å². The molecule has 0 spiro atoms. The fraction of sp³-hybridized carbons (Fsp3) is 1.00. The van der Waals surface area contributed by atoms with Crippen molar-refractivity contribution >= 4 is 24.0 Å². The second-order valence-electron chi connectivity index (χ2n) is 4.74. The molecule has 0 atom stereocenters. The summed E-state index contributed by atoms with van der Waals surface area (Å²) in [5.41, 5.74) is 0. The van der Waals surface area contributed by atoms with Crippen LogP contribution in [0.4, 0.5) is 8.78 Å². The van der Waals surface area contributed by atoms with Crippen LogP contribution in [0.5, 0.6) is 0 Å². The molecule has 0 aromatic rings. The topological polar surface area (TPSA) is 0 Å². The van der Waals surface area contributed by atoms with E-state index in [0.29, 0.717) is 6.42 Å². The lowest BCUT2D eigenvalue weighted by molar-refractivity contribution is 0.101. The molecule has 0 saturated heterocycles. The van der Waals surface area contributed by atoms with E-state index in [1.54, 1.807) is 0 Å². The van der Waals surface area contributed by atoms with Gasteiger partial charge in [0.1, 0.15) is 0 Å². The third-order valence-corrected chi connectivity index (χ3v) is 4.14. The van der Waals surface area contributed by atoms with Gasteiger partial charge in [-0.05, 0) is 22.4 Å². The summed E-state index contributed by atoms with van der Waals surface area (Å²) < 4.78 is 24.6. The van der Waals surface area contributed by atoms with Crippen LogP contribution in [-0.2, 0) is 0 Å². The maximum atomic E-state index is 12.3. The molecule has 0 N–H and O–H groups in total. The Morgan fingerprint density at radius 2 is 1.62 bits per heavy atom. The largest absolute Gasteiger partial charge is 0.301 e. The summed E-state index contributed by atoms with van der Waals surface area (Å²) in [5, 5.41) is 0. The molecule has 0 radical (unpaired) electrons. The van der Waals surface area contributed by atoms with Crippen LogP contribution in [-0.4, -0.2) is 12.9 Å². The highest BCUT2D eigenvalue weighted by Gasteiger charge is 2.22. The first-order valence-corrected chi connectivity index (χ1v) is 9.27. The predicted molar refractivity (Wildman–Crippen MR) is 60.5 cm³/mol. The standard InChI is InChI=1S/C9H19BrF2Si/c1-13(2,3)8-6-4-5-7-9(10,11)12/h4-8H2,1-3H3. The summed E-state index contributed by atoms with van der Waals surface area (Å²) in [6.07, 6.45) is 2.64.